The van der Waals surface area contributed by atoms with E-state index in [1.165, 1.54) is 29.0 Å². The SMILES string of the molecule is N#Cc1ccc(CN2CCCN(C(=O)Cc3csc(-c4cccc(F)c4)n3)CC2)cc1. The normalized spacial score (nSPS) is 14.8. The summed E-state index contributed by atoms with van der Waals surface area (Å²) in [5, 5.41) is 11.5. The van der Waals surface area contributed by atoms with Crippen LogP contribution in [-0.2, 0) is 17.8 Å². The van der Waals surface area contributed by atoms with Gasteiger partial charge in [-0.25, -0.2) is 9.37 Å². The maximum absolute atomic E-state index is 13.5. The lowest BCUT2D eigenvalue weighted by Crippen LogP contribution is -2.36. The number of nitrogens with zero attached hydrogens (tertiary/aromatic N) is 4. The Balaban J connectivity index is 1.32. The zero-order valence-electron chi connectivity index (χ0n) is 17.1. The predicted molar refractivity (Wildman–Crippen MR) is 119 cm³/mol. The third-order valence-electron chi connectivity index (χ3n) is 5.39. The Morgan fingerprint density at radius 3 is 2.74 bits per heavy atom. The lowest BCUT2D eigenvalue weighted by atomic mass is 10.1. The molecule has 1 aromatic heterocycles. The van der Waals surface area contributed by atoms with E-state index in [0.29, 0.717) is 12.1 Å². The van der Waals surface area contributed by atoms with Crippen LogP contribution in [0.1, 0.15) is 23.2 Å². The van der Waals surface area contributed by atoms with Crippen LogP contribution in [0.25, 0.3) is 10.6 Å². The highest BCUT2D eigenvalue weighted by Crippen LogP contribution is 2.24. The molecular weight excluding hydrogens is 411 g/mol. The molecule has 1 saturated heterocycles. The average molecular weight is 435 g/mol. The van der Waals surface area contributed by atoms with Crippen molar-refractivity contribution in [3.63, 3.8) is 0 Å². The summed E-state index contributed by atoms with van der Waals surface area (Å²) < 4.78 is 13.5. The van der Waals surface area contributed by atoms with Gasteiger partial charge in [-0.15, -0.1) is 11.3 Å². The second kappa shape index (κ2) is 9.82. The first-order valence-corrected chi connectivity index (χ1v) is 11.2. The van der Waals surface area contributed by atoms with E-state index in [1.807, 2.05) is 40.6 Å². The first kappa shape index (κ1) is 21.2. The highest BCUT2D eigenvalue weighted by molar-refractivity contribution is 7.13. The third kappa shape index (κ3) is 5.54. The van der Waals surface area contributed by atoms with Crippen LogP contribution in [0.2, 0.25) is 0 Å². The largest absolute Gasteiger partial charge is 0.341 e. The second-order valence-electron chi connectivity index (χ2n) is 7.65. The Morgan fingerprint density at radius 1 is 1.13 bits per heavy atom. The van der Waals surface area contributed by atoms with Crippen LogP contribution >= 0.6 is 11.3 Å². The van der Waals surface area contributed by atoms with E-state index in [2.05, 4.69) is 16.0 Å². The first-order valence-electron chi connectivity index (χ1n) is 10.3. The highest BCUT2D eigenvalue weighted by Gasteiger charge is 2.20. The number of hydrogen-bond acceptors (Lipinski definition) is 5. The molecule has 1 amide bonds. The fourth-order valence-electron chi connectivity index (χ4n) is 3.73. The smallest absolute Gasteiger partial charge is 0.228 e. The summed E-state index contributed by atoms with van der Waals surface area (Å²) in [5.74, 6) is -0.211. The molecule has 5 nitrogen and oxygen atoms in total. The van der Waals surface area contributed by atoms with Crippen LogP contribution in [0.3, 0.4) is 0 Å². The van der Waals surface area contributed by atoms with Gasteiger partial charge < -0.3 is 4.90 Å². The molecule has 0 saturated carbocycles. The number of thiazole rings is 1. The van der Waals surface area contributed by atoms with Crippen LogP contribution in [0.15, 0.2) is 53.9 Å². The molecule has 0 spiro atoms. The number of carbonyl (C=O) groups is 1. The van der Waals surface area contributed by atoms with E-state index in [4.69, 9.17) is 5.26 Å². The molecule has 31 heavy (non-hydrogen) atoms. The molecule has 0 atom stereocenters. The first-order chi connectivity index (χ1) is 15.1. The Morgan fingerprint density at radius 2 is 1.97 bits per heavy atom. The summed E-state index contributed by atoms with van der Waals surface area (Å²) in [6, 6.07) is 16.2. The van der Waals surface area contributed by atoms with Gasteiger partial charge in [-0.2, -0.15) is 5.26 Å². The van der Waals surface area contributed by atoms with Crippen LogP contribution in [0.5, 0.6) is 0 Å². The zero-order valence-corrected chi connectivity index (χ0v) is 17.9. The van der Waals surface area contributed by atoms with Gasteiger partial charge in [-0.05, 0) is 36.2 Å². The van der Waals surface area contributed by atoms with Crippen molar-refractivity contribution in [3.05, 3.63) is 76.5 Å². The minimum Gasteiger partial charge on any atom is -0.341 e. The fraction of sp³-hybridized carbons (Fsp3) is 0.292. The van der Waals surface area contributed by atoms with Crippen molar-refractivity contribution >= 4 is 17.2 Å². The van der Waals surface area contributed by atoms with E-state index in [9.17, 15) is 9.18 Å². The summed E-state index contributed by atoms with van der Waals surface area (Å²) >= 11 is 1.43. The average Bonchev–Trinajstić information content (AvgIpc) is 3.12. The van der Waals surface area contributed by atoms with Gasteiger partial charge in [0.1, 0.15) is 10.8 Å². The molecule has 2 aromatic carbocycles. The van der Waals surface area contributed by atoms with Crippen LogP contribution in [-0.4, -0.2) is 46.9 Å². The van der Waals surface area contributed by atoms with Gasteiger partial charge in [-0.3, -0.25) is 9.69 Å². The van der Waals surface area contributed by atoms with Crippen molar-refractivity contribution in [2.75, 3.05) is 26.2 Å². The number of rotatable bonds is 5. The number of benzene rings is 2. The van der Waals surface area contributed by atoms with Crippen LogP contribution in [0, 0.1) is 17.1 Å². The van der Waals surface area contributed by atoms with Gasteiger partial charge in [0, 0.05) is 43.7 Å². The molecule has 4 rings (SSSR count). The Hall–Kier alpha value is -3.08. The molecule has 1 fully saturated rings. The van der Waals surface area contributed by atoms with Crippen LogP contribution < -0.4 is 0 Å². The van der Waals surface area contributed by atoms with Crippen molar-refractivity contribution < 1.29 is 9.18 Å². The van der Waals surface area contributed by atoms with E-state index in [0.717, 1.165) is 48.9 Å². The molecule has 0 aliphatic carbocycles. The van der Waals surface area contributed by atoms with Gasteiger partial charge >= 0.3 is 0 Å². The minimum absolute atomic E-state index is 0.0799. The molecule has 2 heterocycles. The molecule has 0 N–H and O–H groups in total. The Labute approximate surface area is 185 Å². The monoisotopic (exact) mass is 434 g/mol. The third-order valence-corrected chi connectivity index (χ3v) is 6.33. The molecule has 0 unspecified atom stereocenters. The summed E-state index contributed by atoms with van der Waals surface area (Å²) in [6.45, 7) is 4.00. The summed E-state index contributed by atoms with van der Waals surface area (Å²) in [7, 11) is 0. The van der Waals surface area contributed by atoms with E-state index >= 15 is 0 Å². The number of amides is 1. The number of carbonyl (C=O) groups excluding carboxylic acids is 1. The molecule has 1 aliphatic rings. The highest BCUT2D eigenvalue weighted by atomic mass is 32.1. The van der Waals surface area contributed by atoms with Crippen molar-refractivity contribution in [3.8, 4) is 16.6 Å². The van der Waals surface area contributed by atoms with Crippen LogP contribution in [0.4, 0.5) is 4.39 Å². The molecule has 3 aromatic rings. The number of aromatic nitrogens is 1. The zero-order chi connectivity index (χ0) is 21.6. The van der Waals surface area contributed by atoms with Gasteiger partial charge in [0.2, 0.25) is 5.91 Å². The lowest BCUT2D eigenvalue weighted by Gasteiger charge is -2.22. The molecule has 7 heteroatoms. The van der Waals surface area contributed by atoms with Gasteiger partial charge in [0.15, 0.2) is 0 Å². The topological polar surface area (TPSA) is 60.2 Å². The van der Waals surface area contributed by atoms with E-state index in [-0.39, 0.29) is 18.1 Å². The molecule has 158 valence electrons. The Kier molecular flexibility index (Phi) is 6.70. The summed E-state index contributed by atoms with van der Waals surface area (Å²) in [5.41, 5.74) is 3.30. The van der Waals surface area contributed by atoms with Crippen molar-refractivity contribution in [2.24, 2.45) is 0 Å². The minimum atomic E-state index is -0.291. The number of hydrogen-bond donors (Lipinski definition) is 0. The van der Waals surface area contributed by atoms with Gasteiger partial charge in [-0.1, -0.05) is 24.3 Å². The second-order valence-corrected chi connectivity index (χ2v) is 8.51. The molecule has 1 aliphatic heterocycles. The van der Waals surface area contributed by atoms with Gasteiger partial charge in [0.25, 0.3) is 0 Å². The fourth-order valence-corrected chi connectivity index (χ4v) is 4.55. The number of halogens is 1. The molecule has 0 radical (unpaired) electrons. The standard InChI is InChI=1S/C24H23FN4OS/c25-21-4-1-3-20(13-21)24-27-22(17-31-24)14-23(30)29-10-2-9-28(11-12-29)16-19-7-5-18(15-26)6-8-19/h1,3-8,13,17H,2,9-12,14,16H2. The maximum Gasteiger partial charge on any atom is 0.228 e. The van der Waals surface area contributed by atoms with Crippen molar-refractivity contribution in [1.29, 1.82) is 5.26 Å². The van der Waals surface area contributed by atoms with E-state index in [1.54, 1.807) is 6.07 Å². The summed E-state index contributed by atoms with van der Waals surface area (Å²) in [4.78, 5) is 21.6. The number of nitriles is 1. The maximum atomic E-state index is 13.5. The Bertz CT molecular complexity index is 1090. The van der Waals surface area contributed by atoms with Crippen molar-refractivity contribution in [2.45, 2.75) is 19.4 Å². The quantitative estimate of drug-likeness (QED) is 0.607. The molecule has 0 bridgehead atoms. The lowest BCUT2D eigenvalue weighted by molar-refractivity contribution is -0.130. The van der Waals surface area contributed by atoms with E-state index < -0.39 is 0 Å². The van der Waals surface area contributed by atoms with Gasteiger partial charge in [0.05, 0.1) is 23.7 Å². The summed E-state index contributed by atoms with van der Waals surface area (Å²) in [6.07, 6.45) is 1.19. The predicted octanol–water partition coefficient (Wildman–Crippen LogP) is 4.10. The molecular formula is C24H23FN4OS. The van der Waals surface area contributed by atoms with Crippen molar-refractivity contribution in [1.82, 2.24) is 14.8 Å².